The number of carbonyl (C=O) groups is 1. The van der Waals surface area contributed by atoms with Crippen LogP contribution in [0.4, 0.5) is 19.0 Å². The lowest BCUT2D eigenvalue weighted by molar-refractivity contribution is 0.0363. The summed E-state index contributed by atoms with van der Waals surface area (Å²) < 4.78 is 43.8. The second-order valence-corrected chi connectivity index (χ2v) is 10.3. The maximum Gasteiger partial charge on any atom is 0.254 e. The summed E-state index contributed by atoms with van der Waals surface area (Å²) in [6, 6.07) is 7.86. The predicted molar refractivity (Wildman–Crippen MR) is 143 cm³/mol. The zero-order chi connectivity index (χ0) is 26.7. The zero-order valence-corrected chi connectivity index (χ0v) is 22.2. The third kappa shape index (κ3) is 6.39. The normalized spacial score (nSPS) is 20.4. The molecule has 0 bridgehead atoms. The average Bonchev–Trinajstić information content (AvgIpc) is 2.85. The van der Waals surface area contributed by atoms with Gasteiger partial charge < -0.3 is 21.5 Å². The average molecular weight is 625 g/mol. The molecule has 1 heterocycles. The summed E-state index contributed by atoms with van der Waals surface area (Å²) in [5.41, 5.74) is 7.43. The number of amides is 1. The van der Waals surface area contributed by atoms with Gasteiger partial charge >= 0.3 is 0 Å². The summed E-state index contributed by atoms with van der Waals surface area (Å²) in [7, 11) is 1.70. The highest BCUT2D eigenvalue weighted by molar-refractivity contribution is 14.1. The predicted octanol–water partition coefficient (Wildman–Crippen LogP) is 4.27. The summed E-state index contributed by atoms with van der Waals surface area (Å²) in [5, 5.41) is 15.4. The van der Waals surface area contributed by atoms with Crippen molar-refractivity contribution in [3.05, 3.63) is 74.6 Å². The lowest BCUT2D eigenvalue weighted by atomic mass is 9.84. The zero-order valence-electron chi connectivity index (χ0n) is 20.0. The first-order chi connectivity index (χ1) is 17.7. The Morgan fingerprint density at radius 1 is 1.24 bits per heavy atom. The highest BCUT2D eigenvalue weighted by Gasteiger charge is 2.31. The molecule has 0 radical (unpaired) electrons. The number of nitrogen functional groups attached to an aromatic ring is 1. The first-order valence-electron chi connectivity index (χ1n) is 11.8. The van der Waals surface area contributed by atoms with Crippen molar-refractivity contribution >= 4 is 34.3 Å². The Hall–Kier alpha value is -2.77. The molecular weight excluding hydrogens is 598 g/mol. The van der Waals surface area contributed by atoms with Crippen molar-refractivity contribution < 1.29 is 23.1 Å². The minimum absolute atomic E-state index is 0.0720. The van der Waals surface area contributed by atoms with Gasteiger partial charge in [-0.3, -0.25) is 4.79 Å². The van der Waals surface area contributed by atoms with Crippen LogP contribution in [0.3, 0.4) is 0 Å². The number of alkyl halides is 1. The summed E-state index contributed by atoms with van der Waals surface area (Å²) >= 11 is 1.99. The molecule has 1 fully saturated rings. The van der Waals surface area contributed by atoms with Crippen molar-refractivity contribution in [2.24, 2.45) is 0 Å². The molecule has 1 amide bonds. The SMILES string of the molecule is CNC[C@@H](NC(=O)c1ccc(-c2nc(C3CC[C@H](O)[C@@H](F)C3)cnc2N)cc1F)c1cc(F)cc(I)c1. The van der Waals surface area contributed by atoms with E-state index in [1.807, 2.05) is 22.6 Å². The van der Waals surface area contributed by atoms with Crippen LogP contribution < -0.4 is 16.4 Å². The minimum Gasteiger partial charge on any atom is -0.390 e. The van der Waals surface area contributed by atoms with Gasteiger partial charge in [-0.05, 0) is 84.8 Å². The molecule has 4 atom stereocenters. The minimum atomic E-state index is -1.35. The number of nitrogens with one attached hydrogen (secondary N) is 2. The highest BCUT2D eigenvalue weighted by Crippen LogP contribution is 2.35. The summed E-state index contributed by atoms with van der Waals surface area (Å²) in [6.07, 6.45) is 0.119. The Bertz CT molecular complexity index is 1270. The number of nitrogens with zero attached hydrogens (tertiary/aromatic N) is 2. The molecule has 11 heteroatoms. The first kappa shape index (κ1) is 27.3. The Labute approximate surface area is 226 Å². The summed E-state index contributed by atoms with van der Waals surface area (Å²) in [4.78, 5) is 21.6. The monoisotopic (exact) mass is 625 g/mol. The quantitative estimate of drug-likeness (QED) is 0.292. The van der Waals surface area contributed by atoms with E-state index in [4.69, 9.17) is 5.73 Å². The lowest BCUT2D eigenvalue weighted by Gasteiger charge is -2.28. The molecule has 0 spiro atoms. The van der Waals surface area contributed by atoms with Gasteiger partial charge in [-0.2, -0.15) is 0 Å². The number of carbonyl (C=O) groups excluding carboxylic acids is 1. The van der Waals surface area contributed by atoms with Crippen LogP contribution in [0.5, 0.6) is 0 Å². The molecule has 0 aliphatic heterocycles. The van der Waals surface area contributed by atoms with E-state index in [0.29, 0.717) is 39.8 Å². The second-order valence-electron chi connectivity index (χ2n) is 9.10. The number of aliphatic hydroxyl groups excluding tert-OH is 1. The maximum atomic E-state index is 15.1. The van der Waals surface area contributed by atoms with Gasteiger partial charge in [0.05, 0.1) is 29.6 Å². The van der Waals surface area contributed by atoms with Gasteiger partial charge in [0.25, 0.3) is 5.91 Å². The van der Waals surface area contributed by atoms with Gasteiger partial charge in [0.2, 0.25) is 0 Å². The number of benzene rings is 2. The van der Waals surface area contributed by atoms with Crippen molar-refractivity contribution in [2.75, 3.05) is 19.3 Å². The number of aliphatic hydroxyl groups is 1. The fraction of sp³-hybridized carbons (Fsp3) is 0.346. The largest absolute Gasteiger partial charge is 0.390 e. The van der Waals surface area contributed by atoms with E-state index < -0.39 is 35.9 Å². The highest BCUT2D eigenvalue weighted by atomic mass is 127. The fourth-order valence-electron chi connectivity index (χ4n) is 4.50. The Kier molecular flexibility index (Phi) is 8.65. The number of likely N-dealkylation sites (N-methyl/N-ethyl adjacent to an activating group) is 1. The van der Waals surface area contributed by atoms with E-state index >= 15 is 4.39 Å². The molecule has 196 valence electrons. The van der Waals surface area contributed by atoms with Crippen LogP contribution in [0.15, 0.2) is 42.6 Å². The first-order valence-corrected chi connectivity index (χ1v) is 12.9. The van der Waals surface area contributed by atoms with E-state index in [2.05, 4.69) is 20.6 Å². The van der Waals surface area contributed by atoms with E-state index in [0.717, 1.165) is 6.07 Å². The number of aromatic nitrogens is 2. The van der Waals surface area contributed by atoms with Crippen LogP contribution in [0.1, 0.15) is 52.8 Å². The molecule has 0 saturated heterocycles. The van der Waals surface area contributed by atoms with Crippen molar-refractivity contribution in [3.8, 4) is 11.3 Å². The van der Waals surface area contributed by atoms with E-state index in [9.17, 15) is 18.7 Å². The third-order valence-corrected chi connectivity index (χ3v) is 7.09. The number of rotatable bonds is 7. The molecule has 7 nitrogen and oxygen atoms in total. The van der Waals surface area contributed by atoms with Crippen LogP contribution in [0.25, 0.3) is 11.3 Å². The maximum absolute atomic E-state index is 15.1. The van der Waals surface area contributed by atoms with Crippen LogP contribution >= 0.6 is 22.6 Å². The van der Waals surface area contributed by atoms with Gasteiger partial charge in [0, 0.05) is 21.6 Å². The van der Waals surface area contributed by atoms with Crippen LogP contribution in [-0.2, 0) is 0 Å². The molecule has 5 N–H and O–H groups in total. The molecular formula is C26H27F3IN5O2. The van der Waals surface area contributed by atoms with Gasteiger partial charge in [-0.25, -0.2) is 23.1 Å². The van der Waals surface area contributed by atoms with E-state index in [-0.39, 0.29) is 29.4 Å². The molecule has 1 unspecified atom stereocenters. The van der Waals surface area contributed by atoms with Crippen molar-refractivity contribution in [3.63, 3.8) is 0 Å². The molecule has 1 saturated carbocycles. The molecule has 1 aromatic heterocycles. The van der Waals surface area contributed by atoms with E-state index in [1.54, 1.807) is 13.1 Å². The van der Waals surface area contributed by atoms with Gasteiger partial charge in [0.1, 0.15) is 29.3 Å². The van der Waals surface area contributed by atoms with E-state index in [1.165, 1.54) is 30.5 Å². The molecule has 2 aromatic carbocycles. The number of nitrogens with two attached hydrogens (primary N) is 1. The third-order valence-electron chi connectivity index (χ3n) is 6.46. The molecule has 4 rings (SSSR count). The summed E-state index contributed by atoms with van der Waals surface area (Å²) in [5.74, 6) is -2.05. The number of halogens is 4. The molecule has 1 aliphatic rings. The van der Waals surface area contributed by atoms with Gasteiger partial charge in [0.15, 0.2) is 0 Å². The van der Waals surface area contributed by atoms with Crippen LogP contribution in [0.2, 0.25) is 0 Å². The standard InChI is InChI=1S/C26H27F3IN5O2/c1-32-11-21(15-6-16(27)10-17(30)7-15)35-26(37)18-4-2-14(9-19(18)28)24-25(31)33-12-22(34-24)13-3-5-23(36)20(29)8-13/h2,4,6-7,9-10,12-13,20-21,23,32,36H,3,5,8,11H2,1H3,(H2,31,33)(H,35,37)/t13?,20-,21+,23-/m0/s1. The lowest BCUT2D eigenvalue weighted by Crippen LogP contribution is -2.35. The smallest absolute Gasteiger partial charge is 0.254 e. The molecule has 1 aliphatic carbocycles. The van der Waals surface area contributed by atoms with Gasteiger partial charge in [-0.15, -0.1) is 0 Å². The van der Waals surface area contributed by atoms with Crippen LogP contribution in [-0.4, -0.2) is 46.8 Å². The number of anilines is 1. The number of hydrogen-bond acceptors (Lipinski definition) is 6. The Morgan fingerprint density at radius 3 is 2.70 bits per heavy atom. The van der Waals surface area contributed by atoms with Crippen LogP contribution in [0, 0.1) is 15.2 Å². The summed E-state index contributed by atoms with van der Waals surface area (Å²) in [6.45, 7) is 0.307. The Morgan fingerprint density at radius 2 is 2.03 bits per heavy atom. The second kappa shape index (κ2) is 11.7. The molecule has 3 aromatic rings. The Balaban J connectivity index is 1.56. The van der Waals surface area contributed by atoms with Crippen molar-refractivity contribution in [2.45, 2.75) is 43.5 Å². The van der Waals surface area contributed by atoms with Gasteiger partial charge in [-0.1, -0.05) is 6.07 Å². The number of hydrogen-bond donors (Lipinski definition) is 4. The van der Waals surface area contributed by atoms with Crippen molar-refractivity contribution in [1.29, 1.82) is 0 Å². The van der Waals surface area contributed by atoms with Crippen molar-refractivity contribution in [1.82, 2.24) is 20.6 Å². The fourth-order valence-corrected chi connectivity index (χ4v) is 5.16. The topological polar surface area (TPSA) is 113 Å². The molecule has 37 heavy (non-hydrogen) atoms.